The predicted molar refractivity (Wildman–Crippen MR) is 60.9 cm³/mol. The van der Waals surface area contributed by atoms with E-state index in [1.54, 1.807) is 13.0 Å². The van der Waals surface area contributed by atoms with E-state index in [2.05, 4.69) is 0 Å². The van der Waals surface area contributed by atoms with Crippen LogP contribution in [0.2, 0.25) is 0 Å². The molecule has 18 heavy (non-hydrogen) atoms. The average Bonchev–Trinajstić information content (AvgIpc) is 2.75. The first-order valence-corrected chi connectivity index (χ1v) is 5.25. The summed E-state index contributed by atoms with van der Waals surface area (Å²) in [7, 11) is 0. The number of hydrogen-bond acceptors (Lipinski definition) is 3. The zero-order valence-electron chi connectivity index (χ0n) is 9.55. The number of benzene rings is 1. The van der Waals surface area contributed by atoms with Crippen LogP contribution in [0.25, 0.3) is 0 Å². The molecule has 0 fully saturated rings. The molecule has 0 amide bonds. The summed E-state index contributed by atoms with van der Waals surface area (Å²) >= 11 is 0. The molecule has 2 rings (SSSR count). The topological polar surface area (TPSA) is 70.7 Å². The maximum atomic E-state index is 13.2. The lowest BCUT2D eigenvalue weighted by Crippen LogP contribution is -2.00. The van der Waals surface area contributed by atoms with Crippen molar-refractivity contribution in [2.24, 2.45) is 0 Å². The van der Waals surface area contributed by atoms with Gasteiger partial charge in [-0.1, -0.05) is 6.07 Å². The molecule has 2 N–H and O–H groups in total. The Labute approximate surface area is 102 Å². The van der Waals surface area contributed by atoms with E-state index in [9.17, 15) is 14.3 Å². The molecule has 0 aliphatic heterocycles. The third-order valence-electron chi connectivity index (χ3n) is 2.49. The van der Waals surface area contributed by atoms with E-state index in [0.717, 1.165) is 0 Å². The first-order chi connectivity index (χ1) is 8.47. The number of halogens is 1. The maximum Gasteiger partial charge on any atom is 0.371 e. The van der Waals surface area contributed by atoms with Gasteiger partial charge in [0.1, 0.15) is 17.7 Å². The van der Waals surface area contributed by atoms with Crippen molar-refractivity contribution in [1.29, 1.82) is 0 Å². The molecule has 2 aromatic rings. The van der Waals surface area contributed by atoms with Crippen molar-refractivity contribution in [3.63, 3.8) is 0 Å². The van der Waals surface area contributed by atoms with E-state index in [-0.39, 0.29) is 11.5 Å². The van der Waals surface area contributed by atoms with Crippen LogP contribution in [0.5, 0.6) is 0 Å². The first kappa shape index (κ1) is 12.3. The number of hydrogen-bond donors (Lipinski definition) is 2. The van der Waals surface area contributed by atoms with Crippen LogP contribution in [0.15, 0.2) is 34.7 Å². The second kappa shape index (κ2) is 4.62. The van der Waals surface area contributed by atoms with E-state index >= 15 is 0 Å². The van der Waals surface area contributed by atoms with Gasteiger partial charge in [-0.2, -0.15) is 0 Å². The molecule has 94 valence electrons. The number of aliphatic hydroxyl groups is 1. The number of carbonyl (C=O) groups is 1. The predicted octanol–water partition coefficient (Wildman–Crippen LogP) is 2.51. The summed E-state index contributed by atoms with van der Waals surface area (Å²) < 4.78 is 18.2. The van der Waals surface area contributed by atoms with Crippen LogP contribution in [-0.4, -0.2) is 16.2 Å². The van der Waals surface area contributed by atoms with Gasteiger partial charge in [-0.25, -0.2) is 9.18 Å². The molecule has 0 aliphatic rings. The summed E-state index contributed by atoms with van der Waals surface area (Å²) in [4.78, 5) is 10.6. The number of aliphatic hydroxyl groups excluding tert-OH is 1. The molecular formula is C13H11FO4. The molecule has 0 radical (unpaired) electrons. The van der Waals surface area contributed by atoms with Crippen LogP contribution in [-0.2, 0) is 0 Å². The SMILES string of the molecule is Cc1cc(F)cc(C(O)c2ccc(C(=O)O)o2)c1. The van der Waals surface area contributed by atoms with Gasteiger partial charge in [0.25, 0.3) is 0 Å². The van der Waals surface area contributed by atoms with Gasteiger partial charge in [-0.3, -0.25) is 0 Å². The molecule has 1 atom stereocenters. The van der Waals surface area contributed by atoms with Gasteiger partial charge in [0.05, 0.1) is 0 Å². The van der Waals surface area contributed by atoms with Gasteiger partial charge >= 0.3 is 5.97 Å². The largest absolute Gasteiger partial charge is 0.475 e. The van der Waals surface area contributed by atoms with Crippen molar-refractivity contribution in [3.8, 4) is 0 Å². The molecule has 0 saturated heterocycles. The van der Waals surface area contributed by atoms with E-state index in [4.69, 9.17) is 9.52 Å². The highest BCUT2D eigenvalue weighted by Gasteiger charge is 2.18. The Morgan fingerprint density at radius 3 is 2.61 bits per heavy atom. The number of furan rings is 1. The third-order valence-corrected chi connectivity index (χ3v) is 2.49. The Bertz CT molecular complexity index is 568. The number of aryl methyl sites for hydroxylation is 1. The lowest BCUT2D eigenvalue weighted by atomic mass is 10.0. The van der Waals surface area contributed by atoms with Gasteiger partial charge in [-0.15, -0.1) is 0 Å². The molecule has 1 aromatic carbocycles. The Morgan fingerprint density at radius 1 is 1.33 bits per heavy atom. The highest BCUT2D eigenvalue weighted by molar-refractivity contribution is 5.84. The van der Waals surface area contributed by atoms with Crippen molar-refractivity contribution in [3.05, 3.63) is 58.8 Å². The lowest BCUT2D eigenvalue weighted by Gasteiger charge is -2.09. The molecule has 0 spiro atoms. The molecule has 0 saturated carbocycles. The smallest absolute Gasteiger partial charge is 0.371 e. The Hall–Kier alpha value is -2.14. The molecule has 1 unspecified atom stereocenters. The quantitative estimate of drug-likeness (QED) is 0.878. The lowest BCUT2D eigenvalue weighted by molar-refractivity contribution is 0.0655. The van der Waals surface area contributed by atoms with Crippen molar-refractivity contribution in [2.75, 3.05) is 0 Å². The van der Waals surface area contributed by atoms with Crippen LogP contribution in [0.3, 0.4) is 0 Å². The maximum absolute atomic E-state index is 13.2. The van der Waals surface area contributed by atoms with E-state index in [0.29, 0.717) is 11.1 Å². The Balaban J connectivity index is 2.34. The highest BCUT2D eigenvalue weighted by atomic mass is 19.1. The normalized spacial score (nSPS) is 12.4. The number of aromatic carboxylic acids is 1. The second-order valence-electron chi connectivity index (χ2n) is 3.97. The fourth-order valence-corrected chi connectivity index (χ4v) is 1.70. The van der Waals surface area contributed by atoms with Crippen molar-refractivity contribution in [2.45, 2.75) is 13.0 Å². The number of carboxylic acids is 1. The standard InChI is InChI=1S/C13H11FO4/c1-7-4-8(6-9(14)5-7)12(15)10-2-3-11(18-10)13(16)17/h2-6,12,15H,1H3,(H,16,17). The average molecular weight is 250 g/mol. The Morgan fingerprint density at radius 2 is 2.06 bits per heavy atom. The van der Waals surface area contributed by atoms with E-state index < -0.39 is 17.9 Å². The van der Waals surface area contributed by atoms with Gasteiger partial charge in [0, 0.05) is 0 Å². The summed E-state index contributed by atoms with van der Waals surface area (Å²) in [5, 5.41) is 18.7. The van der Waals surface area contributed by atoms with Gasteiger partial charge in [0.2, 0.25) is 5.76 Å². The molecule has 4 nitrogen and oxygen atoms in total. The van der Waals surface area contributed by atoms with Crippen LogP contribution in [0.1, 0.15) is 33.5 Å². The molecule has 0 aliphatic carbocycles. The summed E-state index contributed by atoms with van der Waals surface area (Å²) in [6.07, 6.45) is -1.19. The molecule has 5 heteroatoms. The summed E-state index contributed by atoms with van der Waals surface area (Å²) in [6, 6.07) is 6.72. The van der Waals surface area contributed by atoms with Gasteiger partial charge < -0.3 is 14.6 Å². The minimum Gasteiger partial charge on any atom is -0.475 e. The van der Waals surface area contributed by atoms with E-state index in [1.807, 2.05) is 0 Å². The fraction of sp³-hybridized carbons (Fsp3) is 0.154. The van der Waals surface area contributed by atoms with Crippen LogP contribution in [0, 0.1) is 12.7 Å². The van der Waals surface area contributed by atoms with Gasteiger partial charge in [-0.05, 0) is 42.3 Å². The summed E-state index contributed by atoms with van der Waals surface area (Å²) in [6.45, 7) is 1.70. The number of rotatable bonds is 3. The summed E-state index contributed by atoms with van der Waals surface area (Å²) in [5.41, 5.74) is 0.979. The zero-order valence-corrected chi connectivity index (χ0v) is 9.55. The second-order valence-corrected chi connectivity index (χ2v) is 3.97. The Kier molecular flexibility index (Phi) is 3.16. The van der Waals surface area contributed by atoms with Crippen LogP contribution < -0.4 is 0 Å². The molecule has 1 aromatic heterocycles. The molecular weight excluding hydrogens is 239 g/mol. The van der Waals surface area contributed by atoms with Gasteiger partial charge in [0.15, 0.2) is 0 Å². The van der Waals surface area contributed by atoms with Crippen molar-refractivity contribution < 1.29 is 23.8 Å². The highest BCUT2D eigenvalue weighted by Crippen LogP contribution is 2.25. The van der Waals surface area contributed by atoms with Crippen molar-refractivity contribution >= 4 is 5.97 Å². The fourth-order valence-electron chi connectivity index (χ4n) is 1.70. The minimum atomic E-state index is -1.22. The van der Waals surface area contributed by atoms with Crippen molar-refractivity contribution in [1.82, 2.24) is 0 Å². The minimum absolute atomic E-state index is 0.0670. The van der Waals surface area contributed by atoms with Crippen LogP contribution >= 0.6 is 0 Å². The molecule has 1 heterocycles. The monoisotopic (exact) mass is 250 g/mol. The molecule has 0 bridgehead atoms. The first-order valence-electron chi connectivity index (χ1n) is 5.25. The number of carboxylic acid groups (broad SMARTS) is 1. The van der Waals surface area contributed by atoms with E-state index in [1.165, 1.54) is 24.3 Å². The zero-order chi connectivity index (χ0) is 13.3. The third kappa shape index (κ3) is 2.41. The summed E-state index contributed by atoms with van der Waals surface area (Å²) in [5.74, 6) is -1.88. The van der Waals surface area contributed by atoms with Crippen LogP contribution in [0.4, 0.5) is 4.39 Å².